The Labute approximate surface area is 146 Å². The molecule has 1 saturated heterocycles. The fourth-order valence-electron chi connectivity index (χ4n) is 4.42. The first-order valence-corrected chi connectivity index (χ1v) is 9.30. The fraction of sp³-hybridized carbons (Fsp3) is 0.700. The maximum absolute atomic E-state index is 5.55. The second-order valence-corrected chi connectivity index (χ2v) is 7.54. The number of nitrogens with zero attached hydrogens (tertiary/aromatic N) is 2. The van der Waals surface area contributed by atoms with E-state index in [2.05, 4.69) is 42.7 Å². The predicted octanol–water partition coefficient (Wildman–Crippen LogP) is 3.35. The molecule has 24 heavy (non-hydrogen) atoms. The molecule has 0 N–H and O–H groups in total. The van der Waals surface area contributed by atoms with Crippen molar-refractivity contribution in [1.82, 2.24) is 9.80 Å². The lowest BCUT2D eigenvalue weighted by atomic mass is 9.87. The Kier molecular flexibility index (Phi) is 5.36. The van der Waals surface area contributed by atoms with Crippen LogP contribution >= 0.6 is 0 Å². The number of likely N-dealkylation sites (N-methyl/N-ethyl adjacent to an activating group) is 1. The lowest BCUT2D eigenvalue weighted by molar-refractivity contribution is 0.0168. The molecule has 3 rings (SSSR count). The number of hydrogen-bond acceptors (Lipinski definition) is 4. The molecular formula is C20H32N2O2. The molecule has 2 aliphatic heterocycles. The van der Waals surface area contributed by atoms with Gasteiger partial charge in [0.1, 0.15) is 0 Å². The predicted molar refractivity (Wildman–Crippen MR) is 98.1 cm³/mol. The number of piperazine rings is 1. The zero-order chi connectivity index (χ0) is 17.3. The Morgan fingerprint density at radius 3 is 2.46 bits per heavy atom. The second kappa shape index (κ2) is 7.32. The minimum absolute atomic E-state index is 0.483. The number of rotatable bonds is 5. The molecule has 0 amide bonds. The molecule has 1 fully saturated rings. The number of hydrogen-bond donors (Lipinski definition) is 0. The molecule has 134 valence electrons. The molecule has 0 aliphatic carbocycles. The van der Waals surface area contributed by atoms with E-state index in [1.165, 1.54) is 24.1 Å². The van der Waals surface area contributed by atoms with Crippen LogP contribution in [-0.2, 0) is 6.42 Å². The van der Waals surface area contributed by atoms with E-state index < -0.39 is 0 Å². The molecule has 0 spiro atoms. The topological polar surface area (TPSA) is 24.9 Å². The summed E-state index contributed by atoms with van der Waals surface area (Å²) in [4.78, 5) is 5.36. The van der Waals surface area contributed by atoms with Gasteiger partial charge in [-0.2, -0.15) is 0 Å². The quantitative estimate of drug-likeness (QED) is 0.825. The highest BCUT2D eigenvalue weighted by Gasteiger charge is 2.37. The number of ether oxygens (including phenoxy) is 2. The van der Waals surface area contributed by atoms with Crippen LogP contribution in [0.1, 0.15) is 44.4 Å². The summed E-state index contributed by atoms with van der Waals surface area (Å²) in [6.07, 6.45) is 2.39. The van der Waals surface area contributed by atoms with Crippen LogP contribution in [-0.4, -0.2) is 56.2 Å². The summed E-state index contributed by atoms with van der Waals surface area (Å²) in [5, 5.41) is 0. The van der Waals surface area contributed by atoms with Crippen LogP contribution in [0, 0.1) is 5.92 Å². The van der Waals surface area contributed by atoms with Crippen molar-refractivity contribution in [2.24, 2.45) is 5.92 Å². The van der Waals surface area contributed by atoms with Gasteiger partial charge in [0.25, 0.3) is 0 Å². The molecule has 1 aromatic carbocycles. The van der Waals surface area contributed by atoms with Gasteiger partial charge in [-0.15, -0.1) is 0 Å². The molecule has 1 unspecified atom stereocenters. The van der Waals surface area contributed by atoms with E-state index in [-0.39, 0.29) is 0 Å². The highest BCUT2D eigenvalue weighted by molar-refractivity contribution is 5.49. The highest BCUT2D eigenvalue weighted by atomic mass is 16.5. The third kappa shape index (κ3) is 3.27. The molecule has 4 heteroatoms. The lowest BCUT2D eigenvalue weighted by Gasteiger charge is -2.49. The van der Waals surface area contributed by atoms with Crippen LogP contribution in [0.15, 0.2) is 12.1 Å². The van der Waals surface area contributed by atoms with Gasteiger partial charge in [-0.25, -0.2) is 0 Å². The maximum Gasteiger partial charge on any atom is 0.161 e. The first-order chi connectivity index (χ1) is 11.6. The van der Waals surface area contributed by atoms with Crippen molar-refractivity contribution in [3.8, 4) is 11.5 Å². The molecule has 0 radical (unpaired) electrons. The number of fused-ring (bicyclic) bond motifs is 3. The summed E-state index contributed by atoms with van der Waals surface area (Å²) in [6.45, 7) is 11.6. The van der Waals surface area contributed by atoms with E-state index in [1.54, 1.807) is 14.2 Å². The summed E-state index contributed by atoms with van der Waals surface area (Å²) in [5.41, 5.74) is 2.85. The summed E-state index contributed by atoms with van der Waals surface area (Å²) < 4.78 is 11.0. The molecule has 0 aromatic heterocycles. The van der Waals surface area contributed by atoms with Crippen LogP contribution in [0.4, 0.5) is 0 Å². The third-order valence-electron chi connectivity index (χ3n) is 5.63. The van der Waals surface area contributed by atoms with Gasteiger partial charge in [0.05, 0.1) is 14.2 Å². The molecule has 2 aliphatic rings. The minimum Gasteiger partial charge on any atom is -0.493 e. The lowest BCUT2D eigenvalue weighted by Crippen LogP contribution is -2.56. The van der Waals surface area contributed by atoms with Crippen LogP contribution in [0.3, 0.4) is 0 Å². The molecular weight excluding hydrogens is 300 g/mol. The average molecular weight is 332 g/mol. The van der Waals surface area contributed by atoms with E-state index in [0.717, 1.165) is 43.5 Å². The molecule has 2 atom stereocenters. The van der Waals surface area contributed by atoms with Crippen molar-refractivity contribution in [2.75, 3.05) is 40.4 Å². The number of benzene rings is 1. The largest absolute Gasteiger partial charge is 0.493 e. The van der Waals surface area contributed by atoms with Gasteiger partial charge in [-0.3, -0.25) is 9.80 Å². The second-order valence-electron chi connectivity index (χ2n) is 7.54. The van der Waals surface area contributed by atoms with Gasteiger partial charge in [-0.05, 0) is 48.6 Å². The third-order valence-corrected chi connectivity index (χ3v) is 5.63. The number of methoxy groups -OCH3 is 2. The van der Waals surface area contributed by atoms with E-state index in [4.69, 9.17) is 9.47 Å². The molecule has 1 aromatic rings. The Morgan fingerprint density at radius 1 is 1.12 bits per heavy atom. The Morgan fingerprint density at radius 2 is 1.83 bits per heavy atom. The molecule has 2 heterocycles. The minimum atomic E-state index is 0.483. The van der Waals surface area contributed by atoms with Crippen LogP contribution in [0.5, 0.6) is 11.5 Å². The van der Waals surface area contributed by atoms with E-state index in [0.29, 0.717) is 12.1 Å². The summed E-state index contributed by atoms with van der Waals surface area (Å²) in [5.74, 6) is 2.46. The van der Waals surface area contributed by atoms with E-state index >= 15 is 0 Å². The van der Waals surface area contributed by atoms with Crippen molar-refractivity contribution in [3.05, 3.63) is 23.3 Å². The maximum atomic E-state index is 5.55. The van der Waals surface area contributed by atoms with Crippen molar-refractivity contribution >= 4 is 0 Å². The van der Waals surface area contributed by atoms with Gasteiger partial charge in [0.15, 0.2) is 11.5 Å². The van der Waals surface area contributed by atoms with Crippen molar-refractivity contribution in [3.63, 3.8) is 0 Å². The zero-order valence-corrected chi connectivity index (χ0v) is 15.8. The van der Waals surface area contributed by atoms with Gasteiger partial charge in [0.2, 0.25) is 0 Å². The van der Waals surface area contributed by atoms with Crippen LogP contribution < -0.4 is 9.47 Å². The van der Waals surface area contributed by atoms with Gasteiger partial charge in [-0.1, -0.05) is 20.8 Å². The smallest absolute Gasteiger partial charge is 0.161 e. The standard InChI is InChI=1S/C20H32N2O2/c1-6-21-13-18-17-11-20(24-5)19(23-4)10-15(17)7-8-22(18)12-16(21)9-14(2)3/h10-11,14,16,18H,6-9,12-13H2,1-5H3/t16-,18?/m1/s1. The van der Waals surface area contributed by atoms with Crippen LogP contribution in [0.2, 0.25) is 0 Å². The van der Waals surface area contributed by atoms with Gasteiger partial charge in [0, 0.05) is 31.7 Å². The van der Waals surface area contributed by atoms with Crippen molar-refractivity contribution < 1.29 is 9.47 Å². The van der Waals surface area contributed by atoms with Crippen molar-refractivity contribution in [2.45, 2.75) is 45.7 Å². The first-order valence-electron chi connectivity index (χ1n) is 9.30. The monoisotopic (exact) mass is 332 g/mol. The van der Waals surface area contributed by atoms with E-state index in [1.807, 2.05) is 0 Å². The van der Waals surface area contributed by atoms with Gasteiger partial charge < -0.3 is 9.47 Å². The molecule has 4 nitrogen and oxygen atoms in total. The van der Waals surface area contributed by atoms with E-state index in [9.17, 15) is 0 Å². The van der Waals surface area contributed by atoms with Gasteiger partial charge >= 0.3 is 0 Å². The SMILES string of the molecule is CCN1CC2c3cc(OC)c(OC)cc3CCN2C[C@H]1CC(C)C. The van der Waals surface area contributed by atoms with Crippen molar-refractivity contribution in [1.29, 1.82) is 0 Å². The van der Waals surface area contributed by atoms with Crippen LogP contribution in [0.25, 0.3) is 0 Å². The molecule has 0 bridgehead atoms. The normalized spacial score (nSPS) is 24.6. The Hall–Kier alpha value is -1.26. The fourth-order valence-corrected chi connectivity index (χ4v) is 4.42. The zero-order valence-electron chi connectivity index (χ0n) is 15.8. The average Bonchev–Trinajstić information content (AvgIpc) is 2.59. The summed E-state index contributed by atoms with van der Waals surface area (Å²) >= 11 is 0. The summed E-state index contributed by atoms with van der Waals surface area (Å²) in [6, 6.07) is 5.56. The summed E-state index contributed by atoms with van der Waals surface area (Å²) in [7, 11) is 3.44. The Balaban J connectivity index is 1.89. The first kappa shape index (κ1) is 17.6. The molecule has 0 saturated carbocycles. The Bertz CT molecular complexity index is 573. The highest BCUT2D eigenvalue weighted by Crippen LogP contribution is 2.40.